The fourth-order valence-corrected chi connectivity index (χ4v) is 4.74. The van der Waals surface area contributed by atoms with Crippen molar-refractivity contribution in [2.45, 2.75) is 58.9 Å². The number of carboxylic acid groups (broad SMARTS) is 1. The van der Waals surface area contributed by atoms with Crippen molar-refractivity contribution in [2.75, 3.05) is 20.3 Å². The molecule has 0 spiro atoms. The average Bonchev–Trinajstić information content (AvgIpc) is 2.65. The molecule has 1 atom stereocenters. The molecule has 0 bridgehead atoms. The number of carbonyl (C=O) groups excluding carboxylic acids is 1. The first-order valence-corrected chi connectivity index (χ1v) is 11.6. The lowest BCUT2D eigenvalue weighted by Crippen LogP contribution is -2.56. The van der Waals surface area contributed by atoms with Gasteiger partial charge >= 0.3 is 12.0 Å². The van der Waals surface area contributed by atoms with E-state index in [4.69, 9.17) is 16.3 Å². The largest absolute Gasteiger partial charge is 0.481 e. The third-order valence-electron chi connectivity index (χ3n) is 6.73. The summed E-state index contributed by atoms with van der Waals surface area (Å²) in [6, 6.07) is 5.84. The van der Waals surface area contributed by atoms with Crippen LogP contribution in [0.15, 0.2) is 30.0 Å². The fourth-order valence-electron chi connectivity index (χ4n) is 4.47. The van der Waals surface area contributed by atoms with Gasteiger partial charge in [-0.2, -0.15) is 0 Å². The summed E-state index contributed by atoms with van der Waals surface area (Å²) in [7, 11) is 1.60. The molecule has 1 aromatic carbocycles. The monoisotopic (exact) mass is 462 g/mol. The summed E-state index contributed by atoms with van der Waals surface area (Å²) in [5.41, 5.74) is 2.49. The molecule has 1 fully saturated rings. The van der Waals surface area contributed by atoms with Crippen molar-refractivity contribution in [1.82, 2.24) is 10.2 Å². The molecule has 0 radical (unpaired) electrons. The van der Waals surface area contributed by atoms with Crippen LogP contribution in [-0.4, -0.2) is 42.3 Å². The van der Waals surface area contributed by atoms with E-state index in [9.17, 15) is 14.7 Å². The Hall–Kier alpha value is -2.05. The number of urea groups is 1. The summed E-state index contributed by atoms with van der Waals surface area (Å²) >= 11 is 6.68. The molecule has 2 aliphatic rings. The Kier molecular flexibility index (Phi) is 7.25. The Morgan fingerprint density at radius 3 is 2.59 bits per heavy atom. The molecule has 1 aromatic rings. The molecular formula is C25H35ClN2O4. The molecule has 32 heavy (non-hydrogen) atoms. The molecule has 1 unspecified atom stereocenters. The zero-order chi connectivity index (χ0) is 23.7. The standard InChI is InChI=1S/C25H35ClN2O4/c1-24(2,3)9-8-16-6-7-19(14-21(16)26)25(4)20(17-12-18(13-17)22(29)30)15-28(10-11-32-5)23(31)27-25/h6-7,14-15,17-18H,8-13H2,1-5H3,(H,27,31)(H,29,30)/t17-,18+,25?. The molecule has 1 saturated carbocycles. The molecule has 176 valence electrons. The third kappa shape index (κ3) is 5.29. The number of carbonyl (C=O) groups is 2. The van der Waals surface area contributed by atoms with Gasteiger partial charge in [0.2, 0.25) is 0 Å². The molecule has 2 amide bonds. The van der Waals surface area contributed by atoms with Crippen LogP contribution in [0, 0.1) is 17.3 Å². The Bertz CT molecular complexity index is 902. The van der Waals surface area contributed by atoms with Crippen LogP contribution in [0.3, 0.4) is 0 Å². The van der Waals surface area contributed by atoms with E-state index in [-0.39, 0.29) is 23.3 Å². The predicted molar refractivity (Wildman–Crippen MR) is 126 cm³/mol. The summed E-state index contributed by atoms with van der Waals surface area (Å²) in [5.74, 6) is -1.00. The Morgan fingerprint density at radius 1 is 1.34 bits per heavy atom. The van der Waals surface area contributed by atoms with Gasteiger partial charge in [-0.05, 0) is 66.7 Å². The van der Waals surface area contributed by atoms with Gasteiger partial charge in [0.15, 0.2) is 0 Å². The second-order valence-corrected chi connectivity index (χ2v) is 10.8. The lowest BCUT2D eigenvalue weighted by molar-refractivity contribution is -0.145. The van der Waals surface area contributed by atoms with Gasteiger partial charge in [0, 0.05) is 18.3 Å². The number of carboxylic acids is 1. The van der Waals surface area contributed by atoms with E-state index in [1.54, 1.807) is 12.0 Å². The highest BCUT2D eigenvalue weighted by molar-refractivity contribution is 6.31. The maximum atomic E-state index is 12.9. The van der Waals surface area contributed by atoms with Crippen molar-refractivity contribution < 1.29 is 19.4 Å². The minimum Gasteiger partial charge on any atom is -0.481 e. The van der Waals surface area contributed by atoms with Gasteiger partial charge in [-0.3, -0.25) is 9.69 Å². The van der Waals surface area contributed by atoms with Gasteiger partial charge in [0.1, 0.15) is 0 Å². The number of nitrogens with zero attached hydrogens (tertiary/aromatic N) is 1. The molecular weight excluding hydrogens is 428 g/mol. The Balaban J connectivity index is 1.92. The van der Waals surface area contributed by atoms with Crippen LogP contribution in [-0.2, 0) is 21.5 Å². The second kappa shape index (κ2) is 9.44. The highest BCUT2D eigenvalue weighted by Gasteiger charge is 2.47. The maximum absolute atomic E-state index is 12.9. The van der Waals surface area contributed by atoms with E-state index < -0.39 is 11.5 Å². The zero-order valence-corrected chi connectivity index (χ0v) is 20.5. The van der Waals surface area contributed by atoms with Crippen molar-refractivity contribution in [1.29, 1.82) is 0 Å². The van der Waals surface area contributed by atoms with Crippen LogP contribution in [0.5, 0.6) is 0 Å². The normalized spacial score (nSPS) is 25.8. The quantitative estimate of drug-likeness (QED) is 0.556. The molecule has 6 nitrogen and oxygen atoms in total. The van der Waals surface area contributed by atoms with E-state index in [1.807, 2.05) is 25.3 Å². The summed E-state index contributed by atoms with van der Waals surface area (Å²) in [4.78, 5) is 25.9. The molecule has 0 aromatic heterocycles. The second-order valence-electron chi connectivity index (χ2n) is 10.4. The van der Waals surface area contributed by atoms with Crippen molar-refractivity contribution in [3.63, 3.8) is 0 Å². The van der Waals surface area contributed by atoms with Crippen LogP contribution in [0.1, 0.15) is 58.1 Å². The first kappa shape index (κ1) is 24.6. The topological polar surface area (TPSA) is 78.9 Å². The lowest BCUT2D eigenvalue weighted by atomic mass is 9.65. The van der Waals surface area contributed by atoms with Crippen LogP contribution >= 0.6 is 11.6 Å². The molecule has 3 rings (SSSR count). The van der Waals surface area contributed by atoms with E-state index in [2.05, 4.69) is 32.2 Å². The van der Waals surface area contributed by atoms with Crippen LogP contribution in [0.25, 0.3) is 0 Å². The van der Waals surface area contributed by atoms with Crippen molar-refractivity contribution in [3.05, 3.63) is 46.1 Å². The predicted octanol–water partition coefficient (Wildman–Crippen LogP) is 5.20. The smallest absolute Gasteiger partial charge is 0.322 e. The Labute approximate surface area is 196 Å². The summed E-state index contributed by atoms with van der Waals surface area (Å²) in [6.07, 6.45) is 4.95. The molecule has 1 aliphatic heterocycles. The van der Waals surface area contributed by atoms with Gasteiger partial charge in [-0.25, -0.2) is 4.79 Å². The summed E-state index contributed by atoms with van der Waals surface area (Å²) in [6.45, 7) is 9.48. The number of aliphatic carboxylic acids is 1. The number of nitrogens with one attached hydrogen (secondary N) is 1. The molecule has 2 N–H and O–H groups in total. The van der Waals surface area contributed by atoms with Crippen LogP contribution in [0.2, 0.25) is 5.02 Å². The van der Waals surface area contributed by atoms with E-state index in [0.29, 0.717) is 31.0 Å². The minimum atomic E-state index is -0.758. The average molecular weight is 463 g/mol. The maximum Gasteiger partial charge on any atom is 0.322 e. The van der Waals surface area contributed by atoms with Gasteiger partial charge in [0.05, 0.1) is 24.6 Å². The number of methoxy groups -OCH3 is 1. The van der Waals surface area contributed by atoms with E-state index >= 15 is 0 Å². The van der Waals surface area contributed by atoms with Crippen molar-refractivity contribution >= 4 is 23.6 Å². The highest BCUT2D eigenvalue weighted by atomic mass is 35.5. The number of hydrogen-bond donors (Lipinski definition) is 2. The number of hydrogen-bond acceptors (Lipinski definition) is 3. The third-order valence-corrected chi connectivity index (χ3v) is 7.08. The summed E-state index contributed by atoms with van der Waals surface area (Å²) < 4.78 is 5.14. The first-order chi connectivity index (χ1) is 14.9. The molecule has 0 saturated heterocycles. The summed E-state index contributed by atoms with van der Waals surface area (Å²) in [5, 5.41) is 13.2. The number of ether oxygens (including phenoxy) is 1. The fraction of sp³-hybridized carbons (Fsp3) is 0.600. The van der Waals surface area contributed by atoms with Crippen LogP contribution < -0.4 is 5.32 Å². The van der Waals surface area contributed by atoms with Gasteiger partial charge in [-0.1, -0.05) is 44.5 Å². The number of aryl methyl sites for hydroxylation is 1. The minimum absolute atomic E-state index is 0.0890. The van der Waals surface area contributed by atoms with Gasteiger partial charge in [0.25, 0.3) is 0 Å². The SMILES string of the molecule is COCCN1C=C([C@H]2C[C@@H](C(=O)O)C2)C(C)(c2ccc(CCC(C)(C)C)c(Cl)c2)NC1=O. The van der Waals surface area contributed by atoms with Crippen molar-refractivity contribution in [2.24, 2.45) is 17.3 Å². The number of benzene rings is 1. The van der Waals surface area contributed by atoms with Gasteiger partial charge in [-0.15, -0.1) is 0 Å². The van der Waals surface area contributed by atoms with Crippen LogP contribution in [0.4, 0.5) is 4.79 Å². The number of halogens is 1. The molecule has 7 heteroatoms. The Morgan fingerprint density at radius 2 is 2.03 bits per heavy atom. The van der Waals surface area contributed by atoms with Gasteiger partial charge < -0.3 is 15.2 Å². The lowest BCUT2D eigenvalue weighted by Gasteiger charge is -2.47. The van der Waals surface area contributed by atoms with E-state index in [0.717, 1.165) is 29.5 Å². The molecule has 1 heterocycles. The first-order valence-electron chi connectivity index (χ1n) is 11.3. The highest BCUT2D eigenvalue weighted by Crippen LogP contribution is 2.47. The molecule has 1 aliphatic carbocycles. The zero-order valence-electron chi connectivity index (χ0n) is 19.7. The van der Waals surface area contributed by atoms with E-state index in [1.165, 1.54) is 0 Å². The number of amides is 2. The number of rotatable bonds is 8. The van der Waals surface area contributed by atoms with Crippen molar-refractivity contribution in [3.8, 4) is 0 Å².